The van der Waals surface area contributed by atoms with Gasteiger partial charge in [-0.3, -0.25) is 4.79 Å². The van der Waals surface area contributed by atoms with Crippen LogP contribution in [-0.2, 0) is 0 Å². The molecule has 0 saturated carbocycles. The third-order valence-electron chi connectivity index (χ3n) is 2.15. The van der Waals surface area contributed by atoms with Crippen LogP contribution in [0, 0.1) is 12.7 Å². The van der Waals surface area contributed by atoms with Crippen LogP contribution in [-0.4, -0.2) is 9.78 Å². The first-order valence-corrected chi connectivity index (χ1v) is 4.98. The first-order chi connectivity index (χ1) is 7.59. The Bertz CT molecular complexity index is 578. The van der Waals surface area contributed by atoms with Gasteiger partial charge in [0.05, 0.1) is 11.9 Å². The van der Waals surface area contributed by atoms with Crippen molar-refractivity contribution in [3.05, 3.63) is 57.2 Å². The summed E-state index contributed by atoms with van der Waals surface area (Å²) < 4.78 is 14.0. The van der Waals surface area contributed by atoms with E-state index in [9.17, 15) is 9.18 Å². The van der Waals surface area contributed by atoms with Gasteiger partial charge in [0.1, 0.15) is 5.02 Å². The molecule has 0 spiro atoms. The zero-order valence-corrected chi connectivity index (χ0v) is 9.20. The van der Waals surface area contributed by atoms with Gasteiger partial charge in [0.2, 0.25) is 0 Å². The SMILES string of the molecule is Cc1ccc(-n2ncc(F)c(Cl)c2=O)cc1. The third kappa shape index (κ3) is 1.84. The summed E-state index contributed by atoms with van der Waals surface area (Å²) in [6.07, 6.45) is 0.920. The summed E-state index contributed by atoms with van der Waals surface area (Å²) in [5, 5.41) is 3.23. The lowest BCUT2D eigenvalue weighted by Gasteiger charge is -2.04. The maximum atomic E-state index is 12.9. The fourth-order valence-corrected chi connectivity index (χ4v) is 1.41. The van der Waals surface area contributed by atoms with Crippen molar-refractivity contribution in [2.45, 2.75) is 6.92 Å². The number of halogens is 2. The minimum atomic E-state index is -0.810. The normalized spacial score (nSPS) is 10.4. The van der Waals surface area contributed by atoms with E-state index in [2.05, 4.69) is 5.10 Å². The van der Waals surface area contributed by atoms with E-state index in [0.717, 1.165) is 16.4 Å². The Kier molecular flexibility index (Phi) is 2.75. The Hall–Kier alpha value is -1.68. The van der Waals surface area contributed by atoms with E-state index in [0.29, 0.717) is 5.69 Å². The second-order valence-corrected chi connectivity index (χ2v) is 3.74. The molecular weight excluding hydrogens is 231 g/mol. The van der Waals surface area contributed by atoms with E-state index >= 15 is 0 Å². The molecule has 1 aromatic heterocycles. The molecule has 0 atom stereocenters. The summed E-state index contributed by atoms with van der Waals surface area (Å²) in [5.41, 5.74) is 0.952. The molecule has 2 aromatic rings. The Morgan fingerprint density at radius 2 is 1.94 bits per heavy atom. The van der Waals surface area contributed by atoms with Crippen LogP contribution in [0.5, 0.6) is 0 Å². The summed E-state index contributed by atoms with van der Waals surface area (Å²) in [4.78, 5) is 11.6. The lowest BCUT2D eigenvalue weighted by atomic mass is 10.2. The van der Waals surface area contributed by atoms with Crippen LogP contribution in [0.25, 0.3) is 5.69 Å². The minimum Gasteiger partial charge on any atom is -0.266 e. The van der Waals surface area contributed by atoms with E-state index < -0.39 is 16.4 Å². The number of hydrogen-bond acceptors (Lipinski definition) is 2. The molecule has 0 aliphatic carbocycles. The van der Waals surface area contributed by atoms with Gasteiger partial charge in [-0.05, 0) is 19.1 Å². The molecule has 82 valence electrons. The number of aromatic nitrogens is 2. The highest BCUT2D eigenvalue weighted by Gasteiger charge is 2.09. The first kappa shape index (κ1) is 10.8. The maximum absolute atomic E-state index is 12.9. The smallest absolute Gasteiger partial charge is 0.266 e. The van der Waals surface area contributed by atoms with Crippen molar-refractivity contribution < 1.29 is 4.39 Å². The van der Waals surface area contributed by atoms with Gasteiger partial charge in [-0.15, -0.1) is 0 Å². The molecule has 1 heterocycles. The zero-order chi connectivity index (χ0) is 11.7. The minimum absolute atomic E-state index is 0.449. The molecule has 3 nitrogen and oxygen atoms in total. The summed E-state index contributed by atoms with van der Waals surface area (Å²) in [5.74, 6) is -0.810. The molecule has 5 heteroatoms. The molecule has 0 fully saturated rings. The fourth-order valence-electron chi connectivity index (χ4n) is 1.28. The molecule has 2 rings (SSSR count). The predicted octanol–water partition coefficient (Wildman–Crippen LogP) is 2.33. The molecule has 0 saturated heterocycles. The predicted molar refractivity (Wildman–Crippen MR) is 59.5 cm³/mol. The van der Waals surface area contributed by atoms with Crippen LogP contribution in [0.15, 0.2) is 35.3 Å². The maximum Gasteiger partial charge on any atom is 0.293 e. The van der Waals surface area contributed by atoms with Crippen LogP contribution in [0.2, 0.25) is 5.02 Å². The number of nitrogens with zero attached hydrogens (tertiary/aromatic N) is 2. The summed E-state index contributed by atoms with van der Waals surface area (Å²) >= 11 is 5.52. The topological polar surface area (TPSA) is 34.9 Å². The molecule has 0 N–H and O–H groups in total. The zero-order valence-electron chi connectivity index (χ0n) is 8.45. The highest BCUT2D eigenvalue weighted by Crippen LogP contribution is 2.10. The van der Waals surface area contributed by atoms with Gasteiger partial charge in [0, 0.05) is 0 Å². The summed E-state index contributed by atoms with van der Waals surface area (Å²) in [6.45, 7) is 1.93. The molecule has 1 aromatic carbocycles. The Morgan fingerprint density at radius 1 is 1.31 bits per heavy atom. The molecule has 0 aliphatic rings. The van der Waals surface area contributed by atoms with Crippen molar-refractivity contribution in [2.24, 2.45) is 0 Å². The largest absolute Gasteiger partial charge is 0.293 e. The van der Waals surface area contributed by atoms with E-state index in [1.807, 2.05) is 19.1 Å². The number of rotatable bonds is 1. The quantitative estimate of drug-likeness (QED) is 0.764. The van der Waals surface area contributed by atoms with Gasteiger partial charge < -0.3 is 0 Å². The van der Waals surface area contributed by atoms with Crippen molar-refractivity contribution in [3.63, 3.8) is 0 Å². The molecule has 0 amide bonds. The molecule has 0 radical (unpaired) electrons. The number of hydrogen-bond donors (Lipinski definition) is 0. The highest BCUT2D eigenvalue weighted by molar-refractivity contribution is 6.30. The Labute approximate surface area is 96.1 Å². The van der Waals surface area contributed by atoms with Crippen LogP contribution < -0.4 is 5.56 Å². The Balaban J connectivity index is 2.61. The molecule has 0 aliphatic heterocycles. The fraction of sp³-hybridized carbons (Fsp3) is 0.0909. The molecule has 0 bridgehead atoms. The van der Waals surface area contributed by atoms with Gasteiger partial charge in [-0.1, -0.05) is 29.3 Å². The molecular formula is C11H8ClFN2O. The second kappa shape index (κ2) is 4.06. The second-order valence-electron chi connectivity index (χ2n) is 3.36. The van der Waals surface area contributed by atoms with E-state index in [1.165, 1.54) is 0 Å². The van der Waals surface area contributed by atoms with E-state index in [-0.39, 0.29) is 0 Å². The number of aryl methyl sites for hydroxylation is 1. The van der Waals surface area contributed by atoms with Crippen molar-refractivity contribution in [1.29, 1.82) is 0 Å². The van der Waals surface area contributed by atoms with Crippen molar-refractivity contribution in [2.75, 3.05) is 0 Å². The average Bonchev–Trinajstić information content (AvgIpc) is 2.28. The van der Waals surface area contributed by atoms with Crippen LogP contribution in [0.4, 0.5) is 4.39 Å². The van der Waals surface area contributed by atoms with Crippen molar-refractivity contribution >= 4 is 11.6 Å². The van der Waals surface area contributed by atoms with Crippen molar-refractivity contribution in [1.82, 2.24) is 9.78 Å². The lowest BCUT2D eigenvalue weighted by Crippen LogP contribution is -2.22. The van der Waals surface area contributed by atoms with Gasteiger partial charge >= 0.3 is 0 Å². The summed E-state index contributed by atoms with van der Waals surface area (Å²) in [7, 11) is 0. The van der Waals surface area contributed by atoms with Crippen LogP contribution in [0.3, 0.4) is 0 Å². The highest BCUT2D eigenvalue weighted by atomic mass is 35.5. The monoisotopic (exact) mass is 238 g/mol. The third-order valence-corrected chi connectivity index (χ3v) is 2.50. The van der Waals surface area contributed by atoms with Crippen LogP contribution in [0.1, 0.15) is 5.56 Å². The summed E-state index contributed by atoms with van der Waals surface area (Å²) in [6, 6.07) is 7.11. The van der Waals surface area contributed by atoms with Gasteiger partial charge in [-0.25, -0.2) is 4.39 Å². The standard InChI is InChI=1S/C11H8ClFN2O/c1-7-2-4-8(5-3-7)15-11(16)10(12)9(13)6-14-15/h2-6H,1H3. The van der Waals surface area contributed by atoms with E-state index in [1.54, 1.807) is 12.1 Å². The van der Waals surface area contributed by atoms with Gasteiger partial charge in [-0.2, -0.15) is 9.78 Å². The van der Waals surface area contributed by atoms with Gasteiger partial charge in [0.15, 0.2) is 5.82 Å². The average molecular weight is 239 g/mol. The first-order valence-electron chi connectivity index (χ1n) is 4.60. The van der Waals surface area contributed by atoms with Crippen LogP contribution >= 0.6 is 11.6 Å². The number of benzene rings is 1. The molecule has 0 unspecified atom stereocenters. The van der Waals surface area contributed by atoms with E-state index in [4.69, 9.17) is 11.6 Å². The van der Waals surface area contributed by atoms with Gasteiger partial charge in [0.25, 0.3) is 5.56 Å². The Morgan fingerprint density at radius 3 is 2.56 bits per heavy atom. The lowest BCUT2D eigenvalue weighted by molar-refractivity contribution is 0.601. The van der Waals surface area contributed by atoms with Crippen molar-refractivity contribution in [3.8, 4) is 5.69 Å². The molecule has 16 heavy (non-hydrogen) atoms.